The Morgan fingerprint density at radius 2 is 2.05 bits per heavy atom. The number of hydrogen-bond acceptors (Lipinski definition) is 5. The number of rotatable bonds is 4. The first kappa shape index (κ1) is 15.0. The number of nitrogens with zero attached hydrogens (tertiary/aromatic N) is 3. The van der Waals surface area contributed by atoms with Crippen molar-refractivity contribution in [2.45, 2.75) is 4.90 Å². The molecular formula is C13H13N3O4S. The van der Waals surface area contributed by atoms with Gasteiger partial charge in [-0.1, -0.05) is 6.07 Å². The number of benzene rings is 1. The summed E-state index contributed by atoms with van der Waals surface area (Å²) in [6.45, 7) is -0.232. The van der Waals surface area contributed by atoms with Gasteiger partial charge in [0, 0.05) is 13.6 Å². The summed E-state index contributed by atoms with van der Waals surface area (Å²) in [5.41, 5.74) is 0.240. The molecule has 0 bridgehead atoms. The lowest BCUT2D eigenvalue weighted by Gasteiger charge is -2.14. The minimum absolute atomic E-state index is 0.00833. The van der Waals surface area contributed by atoms with E-state index < -0.39 is 21.8 Å². The van der Waals surface area contributed by atoms with Crippen LogP contribution in [0.2, 0.25) is 0 Å². The summed E-state index contributed by atoms with van der Waals surface area (Å²) < 4.78 is 24.4. The molecule has 2 rings (SSSR count). The van der Waals surface area contributed by atoms with Crippen molar-refractivity contribution >= 4 is 21.8 Å². The molecule has 21 heavy (non-hydrogen) atoms. The van der Waals surface area contributed by atoms with Gasteiger partial charge in [0.15, 0.2) is 9.84 Å². The number of imide groups is 1. The lowest BCUT2D eigenvalue weighted by Crippen LogP contribution is -2.35. The van der Waals surface area contributed by atoms with Crippen molar-refractivity contribution < 1.29 is 18.0 Å². The Hall–Kier alpha value is -2.40. The van der Waals surface area contributed by atoms with Crippen LogP contribution in [-0.2, 0) is 14.6 Å². The van der Waals surface area contributed by atoms with E-state index in [4.69, 9.17) is 5.26 Å². The highest BCUT2D eigenvalue weighted by atomic mass is 32.2. The first-order valence-corrected chi connectivity index (χ1v) is 7.79. The molecule has 1 aromatic carbocycles. The highest BCUT2D eigenvalue weighted by Crippen LogP contribution is 2.15. The minimum atomic E-state index is -3.66. The molecule has 0 aliphatic carbocycles. The van der Waals surface area contributed by atoms with Gasteiger partial charge in [0.1, 0.15) is 6.54 Å². The molecule has 1 aliphatic heterocycles. The van der Waals surface area contributed by atoms with Crippen LogP contribution in [0.5, 0.6) is 0 Å². The van der Waals surface area contributed by atoms with Gasteiger partial charge in [0.2, 0.25) is 5.91 Å². The zero-order chi connectivity index (χ0) is 15.6. The maximum Gasteiger partial charge on any atom is 0.326 e. The molecule has 1 heterocycles. The van der Waals surface area contributed by atoms with E-state index in [1.807, 2.05) is 6.07 Å². The van der Waals surface area contributed by atoms with Gasteiger partial charge < -0.3 is 4.90 Å². The van der Waals surface area contributed by atoms with Crippen molar-refractivity contribution in [1.29, 1.82) is 5.26 Å². The molecule has 110 valence electrons. The monoisotopic (exact) mass is 307 g/mol. The van der Waals surface area contributed by atoms with E-state index in [2.05, 4.69) is 0 Å². The SMILES string of the molecule is CN1CC(=O)N(CCS(=O)(=O)c2cccc(C#N)c2)C1=O. The van der Waals surface area contributed by atoms with Crippen LogP contribution in [0.1, 0.15) is 5.56 Å². The largest absolute Gasteiger partial charge is 0.326 e. The zero-order valence-electron chi connectivity index (χ0n) is 11.3. The molecule has 3 amide bonds. The van der Waals surface area contributed by atoms with Crippen molar-refractivity contribution in [3.05, 3.63) is 29.8 Å². The maximum absolute atomic E-state index is 12.2. The summed E-state index contributed by atoms with van der Waals surface area (Å²) in [5, 5.41) is 8.78. The number of nitriles is 1. The molecule has 0 unspecified atom stereocenters. The molecule has 1 aliphatic rings. The van der Waals surface area contributed by atoms with Gasteiger partial charge >= 0.3 is 6.03 Å². The van der Waals surface area contributed by atoms with Gasteiger partial charge in [-0.2, -0.15) is 5.26 Å². The van der Waals surface area contributed by atoms with E-state index in [0.29, 0.717) is 0 Å². The second-order valence-corrected chi connectivity index (χ2v) is 6.75. The Morgan fingerprint density at radius 1 is 1.33 bits per heavy atom. The molecule has 1 aromatic rings. The Bertz CT molecular complexity index is 736. The summed E-state index contributed by atoms with van der Waals surface area (Å²) >= 11 is 0. The topological polar surface area (TPSA) is 98.6 Å². The van der Waals surface area contributed by atoms with E-state index in [1.54, 1.807) is 0 Å². The van der Waals surface area contributed by atoms with Crippen molar-refractivity contribution in [2.24, 2.45) is 0 Å². The van der Waals surface area contributed by atoms with Crippen LogP contribution in [0.15, 0.2) is 29.2 Å². The molecule has 0 N–H and O–H groups in total. The molecule has 7 nitrogen and oxygen atoms in total. The lowest BCUT2D eigenvalue weighted by molar-refractivity contribution is -0.125. The third-order valence-electron chi connectivity index (χ3n) is 3.14. The van der Waals surface area contributed by atoms with Crippen LogP contribution in [0.3, 0.4) is 0 Å². The fraction of sp³-hybridized carbons (Fsp3) is 0.308. The summed E-state index contributed by atoms with van der Waals surface area (Å²) in [6, 6.07) is 7.00. The fourth-order valence-corrected chi connectivity index (χ4v) is 3.23. The molecule has 8 heteroatoms. The average Bonchev–Trinajstić information content (AvgIpc) is 2.70. The third kappa shape index (κ3) is 3.03. The number of carbonyl (C=O) groups is 2. The van der Waals surface area contributed by atoms with Crippen molar-refractivity contribution in [2.75, 3.05) is 25.9 Å². The van der Waals surface area contributed by atoms with Gasteiger partial charge in [0.25, 0.3) is 0 Å². The number of sulfone groups is 1. The predicted octanol–water partition coefficient (Wildman–Crippen LogP) is 0.226. The summed E-state index contributed by atoms with van der Waals surface area (Å²) in [5.74, 6) is -0.781. The molecule has 1 fully saturated rings. The maximum atomic E-state index is 12.2. The lowest BCUT2D eigenvalue weighted by atomic mass is 10.2. The highest BCUT2D eigenvalue weighted by Gasteiger charge is 2.34. The first-order valence-electron chi connectivity index (χ1n) is 6.13. The van der Waals surface area contributed by atoms with Crippen LogP contribution in [0, 0.1) is 11.3 Å². The van der Waals surface area contributed by atoms with Crippen LogP contribution >= 0.6 is 0 Å². The van der Waals surface area contributed by atoms with Crippen molar-refractivity contribution in [3.8, 4) is 6.07 Å². The standard InChI is InChI=1S/C13H13N3O4S/c1-15-9-12(17)16(13(15)18)5-6-21(19,20)11-4-2-3-10(7-11)8-14/h2-4,7H,5-6,9H2,1H3. The van der Waals surface area contributed by atoms with Crippen LogP contribution in [0.4, 0.5) is 4.79 Å². The molecule has 0 spiro atoms. The van der Waals surface area contributed by atoms with E-state index in [1.165, 1.54) is 36.2 Å². The van der Waals surface area contributed by atoms with E-state index in [-0.39, 0.29) is 29.3 Å². The van der Waals surface area contributed by atoms with Gasteiger partial charge in [-0.25, -0.2) is 13.2 Å². The van der Waals surface area contributed by atoms with Crippen molar-refractivity contribution in [3.63, 3.8) is 0 Å². The molecule has 0 saturated carbocycles. The second kappa shape index (κ2) is 5.54. The molecule has 0 atom stereocenters. The molecular weight excluding hydrogens is 294 g/mol. The van der Waals surface area contributed by atoms with Crippen LogP contribution in [-0.4, -0.2) is 56.0 Å². The van der Waals surface area contributed by atoms with Gasteiger partial charge in [-0.3, -0.25) is 9.69 Å². The Labute approximate surface area is 122 Å². The summed E-state index contributed by atoms with van der Waals surface area (Å²) in [4.78, 5) is 25.4. The number of carbonyl (C=O) groups excluding carboxylic acids is 2. The van der Waals surface area contributed by atoms with Crippen LogP contribution in [0.25, 0.3) is 0 Å². The van der Waals surface area contributed by atoms with Crippen LogP contribution < -0.4 is 0 Å². The average molecular weight is 307 g/mol. The summed E-state index contributed by atoms with van der Waals surface area (Å²) in [7, 11) is -2.18. The quantitative estimate of drug-likeness (QED) is 0.741. The minimum Gasteiger partial charge on any atom is -0.318 e. The normalized spacial score (nSPS) is 15.4. The molecule has 1 saturated heterocycles. The number of hydrogen-bond donors (Lipinski definition) is 0. The van der Waals surface area contributed by atoms with E-state index in [0.717, 1.165) is 4.90 Å². The zero-order valence-corrected chi connectivity index (χ0v) is 12.1. The van der Waals surface area contributed by atoms with Gasteiger partial charge in [-0.15, -0.1) is 0 Å². The van der Waals surface area contributed by atoms with Gasteiger partial charge in [0.05, 0.1) is 22.3 Å². The Balaban J connectivity index is 2.13. The van der Waals surface area contributed by atoms with E-state index >= 15 is 0 Å². The smallest absolute Gasteiger partial charge is 0.318 e. The molecule has 0 radical (unpaired) electrons. The van der Waals surface area contributed by atoms with Crippen molar-refractivity contribution in [1.82, 2.24) is 9.80 Å². The van der Waals surface area contributed by atoms with Gasteiger partial charge in [-0.05, 0) is 18.2 Å². The third-order valence-corrected chi connectivity index (χ3v) is 4.83. The first-order chi connectivity index (χ1) is 9.85. The highest BCUT2D eigenvalue weighted by molar-refractivity contribution is 7.91. The molecule has 0 aromatic heterocycles. The fourth-order valence-electron chi connectivity index (χ4n) is 1.98. The Morgan fingerprint density at radius 3 is 2.62 bits per heavy atom. The Kier molecular flexibility index (Phi) is 3.95. The number of likely N-dealkylation sites (N-methyl/N-ethyl adjacent to an activating group) is 1. The number of urea groups is 1. The van der Waals surface area contributed by atoms with E-state index in [9.17, 15) is 18.0 Å². The predicted molar refractivity (Wildman–Crippen MR) is 72.9 cm³/mol. The summed E-state index contributed by atoms with van der Waals surface area (Å²) in [6.07, 6.45) is 0. The second-order valence-electron chi connectivity index (χ2n) is 4.64. The number of amides is 3.